The van der Waals surface area contributed by atoms with E-state index in [0.717, 1.165) is 32.1 Å². The highest BCUT2D eigenvalue weighted by Crippen LogP contribution is 2.36. The molecule has 0 N–H and O–H groups in total. The number of pyridine rings is 1. The van der Waals surface area contributed by atoms with Gasteiger partial charge in [0.25, 0.3) is 0 Å². The maximum atomic E-state index is 5.05. The Morgan fingerprint density at radius 3 is 2.85 bits per heavy atom. The number of hydrogen-bond donors (Lipinski definition) is 0. The maximum Gasteiger partial charge on any atom is 0.163 e. The molecule has 5 rings (SSSR count). The summed E-state index contributed by atoms with van der Waals surface area (Å²) in [5, 5.41) is 5.66. The lowest BCUT2D eigenvalue weighted by Crippen LogP contribution is -2.09. The first-order chi connectivity index (χ1) is 12.8. The summed E-state index contributed by atoms with van der Waals surface area (Å²) in [6.45, 7) is 0. The van der Waals surface area contributed by atoms with Crippen LogP contribution in [0.4, 0.5) is 0 Å². The fourth-order valence-corrected chi connectivity index (χ4v) is 4.62. The van der Waals surface area contributed by atoms with E-state index in [2.05, 4.69) is 56.5 Å². The van der Waals surface area contributed by atoms with Crippen molar-refractivity contribution in [1.82, 2.24) is 19.6 Å². The largest absolute Gasteiger partial charge is 0.256 e. The van der Waals surface area contributed by atoms with Crippen molar-refractivity contribution in [3.8, 4) is 11.1 Å². The van der Waals surface area contributed by atoms with Crippen molar-refractivity contribution >= 4 is 32.5 Å². The summed E-state index contributed by atoms with van der Waals surface area (Å²) in [6, 6.07) is 10.4. The predicted molar refractivity (Wildman–Crippen MR) is 107 cm³/mol. The van der Waals surface area contributed by atoms with E-state index in [-0.39, 0.29) is 0 Å². The van der Waals surface area contributed by atoms with Gasteiger partial charge in [-0.1, -0.05) is 31.4 Å². The van der Waals surface area contributed by atoms with Crippen LogP contribution in [0.25, 0.3) is 27.7 Å². The van der Waals surface area contributed by atoms with Gasteiger partial charge in [0.05, 0.1) is 21.9 Å². The van der Waals surface area contributed by atoms with Crippen LogP contribution in [0.3, 0.4) is 0 Å². The highest BCUT2D eigenvalue weighted by molar-refractivity contribution is 9.10. The van der Waals surface area contributed by atoms with Gasteiger partial charge in [-0.2, -0.15) is 5.10 Å². The number of nitrogens with zero attached hydrogens (tertiary/aromatic N) is 4. The van der Waals surface area contributed by atoms with Gasteiger partial charge in [0.1, 0.15) is 0 Å². The molecule has 4 nitrogen and oxygen atoms in total. The molecule has 0 aliphatic heterocycles. The van der Waals surface area contributed by atoms with Gasteiger partial charge in [-0.25, -0.2) is 9.50 Å². The van der Waals surface area contributed by atoms with Crippen molar-refractivity contribution < 1.29 is 0 Å². The summed E-state index contributed by atoms with van der Waals surface area (Å²) in [5.41, 5.74) is 5.31. The molecule has 1 aromatic carbocycles. The van der Waals surface area contributed by atoms with Gasteiger partial charge < -0.3 is 0 Å². The van der Waals surface area contributed by atoms with Crippen LogP contribution >= 0.6 is 15.9 Å². The van der Waals surface area contributed by atoms with E-state index in [1.54, 1.807) is 0 Å². The Balaban J connectivity index is 1.65. The molecule has 3 heterocycles. The van der Waals surface area contributed by atoms with Crippen LogP contribution in [0, 0.1) is 0 Å². The van der Waals surface area contributed by atoms with Gasteiger partial charge in [0.15, 0.2) is 5.65 Å². The average Bonchev–Trinajstić information content (AvgIpc) is 3.10. The summed E-state index contributed by atoms with van der Waals surface area (Å²) >= 11 is 3.72. The highest BCUT2D eigenvalue weighted by Gasteiger charge is 2.21. The summed E-state index contributed by atoms with van der Waals surface area (Å²) in [6.07, 6.45) is 12.2. The first-order valence-corrected chi connectivity index (χ1v) is 9.98. The number of aromatic nitrogens is 4. The molecule has 1 saturated carbocycles. The minimum absolute atomic E-state index is 0.548. The first kappa shape index (κ1) is 15.9. The fourth-order valence-electron chi connectivity index (χ4n) is 4.01. The van der Waals surface area contributed by atoms with Crippen LogP contribution in [-0.4, -0.2) is 19.6 Å². The Kier molecular flexibility index (Phi) is 3.97. The van der Waals surface area contributed by atoms with Crippen molar-refractivity contribution in [3.63, 3.8) is 0 Å². The average molecular weight is 407 g/mol. The van der Waals surface area contributed by atoms with Gasteiger partial charge >= 0.3 is 0 Å². The Bertz CT molecular complexity index is 1100. The summed E-state index contributed by atoms with van der Waals surface area (Å²) in [7, 11) is 0. The summed E-state index contributed by atoms with van der Waals surface area (Å²) < 4.78 is 2.94. The molecule has 130 valence electrons. The summed E-state index contributed by atoms with van der Waals surface area (Å²) in [5.74, 6) is 0.548. The van der Waals surface area contributed by atoms with Crippen molar-refractivity contribution in [1.29, 1.82) is 0 Å². The molecular weight excluding hydrogens is 388 g/mol. The van der Waals surface area contributed by atoms with Crippen LogP contribution in [0.1, 0.15) is 43.7 Å². The normalized spacial score (nSPS) is 15.7. The Hall–Kier alpha value is -2.27. The van der Waals surface area contributed by atoms with Gasteiger partial charge in [0.2, 0.25) is 0 Å². The second-order valence-electron chi connectivity index (χ2n) is 7.05. The minimum atomic E-state index is 0.548. The third-order valence-corrected chi connectivity index (χ3v) is 5.99. The van der Waals surface area contributed by atoms with E-state index < -0.39 is 0 Å². The SMILES string of the molecule is Brc1cn2ncc(-c3ccc4ncccc4c3)c2nc1C1CCCCC1. The van der Waals surface area contributed by atoms with Gasteiger partial charge in [0, 0.05) is 29.3 Å². The van der Waals surface area contributed by atoms with E-state index in [0.29, 0.717) is 5.92 Å². The fraction of sp³-hybridized carbons (Fsp3) is 0.286. The van der Waals surface area contributed by atoms with Crippen LogP contribution in [0.2, 0.25) is 0 Å². The van der Waals surface area contributed by atoms with E-state index >= 15 is 0 Å². The molecule has 0 bridgehead atoms. The number of rotatable bonds is 2. The van der Waals surface area contributed by atoms with E-state index in [9.17, 15) is 0 Å². The molecule has 0 saturated heterocycles. The molecule has 5 heteroatoms. The van der Waals surface area contributed by atoms with Crippen molar-refractivity contribution in [2.75, 3.05) is 0 Å². The molecule has 0 unspecified atom stereocenters. The standard InChI is InChI=1S/C21H19BrN4/c22-18-13-26-21(25-20(18)14-5-2-1-3-6-14)17(12-24-26)15-8-9-19-16(11-15)7-4-10-23-19/h4,7-14H,1-3,5-6H2. The monoisotopic (exact) mass is 406 g/mol. The molecule has 0 amide bonds. The molecule has 1 fully saturated rings. The molecule has 4 aromatic rings. The lowest BCUT2D eigenvalue weighted by atomic mass is 9.87. The van der Waals surface area contributed by atoms with Crippen molar-refractivity contribution in [2.45, 2.75) is 38.0 Å². The molecule has 1 aliphatic rings. The lowest BCUT2D eigenvalue weighted by Gasteiger charge is -2.22. The molecule has 0 radical (unpaired) electrons. The minimum Gasteiger partial charge on any atom is -0.256 e. The van der Waals surface area contributed by atoms with Gasteiger partial charge in [-0.3, -0.25) is 4.98 Å². The smallest absolute Gasteiger partial charge is 0.163 e. The number of fused-ring (bicyclic) bond motifs is 2. The predicted octanol–water partition coefficient (Wildman–Crippen LogP) is 5.75. The number of halogens is 1. The third-order valence-electron chi connectivity index (χ3n) is 5.38. The van der Waals surface area contributed by atoms with E-state index in [1.165, 1.54) is 37.8 Å². The third kappa shape index (κ3) is 2.71. The number of hydrogen-bond acceptors (Lipinski definition) is 3. The first-order valence-electron chi connectivity index (χ1n) is 9.18. The molecule has 3 aromatic heterocycles. The molecule has 0 spiro atoms. The maximum absolute atomic E-state index is 5.05. The van der Waals surface area contributed by atoms with E-state index in [4.69, 9.17) is 4.98 Å². The van der Waals surface area contributed by atoms with Crippen LogP contribution in [-0.2, 0) is 0 Å². The van der Waals surface area contributed by atoms with Crippen LogP contribution in [0.5, 0.6) is 0 Å². The van der Waals surface area contributed by atoms with Crippen LogP contribution in [0.15, 0.2) is 53.4 Å². The van der Waals surface area contributed by atoms with Gasteiger partial charge in [-0.15, -0.1) is 0 Å². The Morgan fingerprint density at radius 1 is 1.08 bits per heavy atom. The number of benzene rings is 1. The highest BCUT2D eigenvalue weighted by atomic mass is 79.9. The molecular formula is C21H19BrN4. The second kappa shape index (κ2) is 6.47. The molecule has 1 aliphatic carbocycles. The van der Waals surface area contributed by atoms with Crippen molar-refractivity contribution in [2.24, 2.45) is 0 Å². The second-order valence-corrected chi connectivity index (χ2v) is 7.90. The zero-order valence-electron chi connectivity index (χ0n) is 14.4. The summed E-state index contributed by atoms with van der Waals surface area (Å²) in [4.78, 5) is 9.46. The van der Waals surface area contributed by atoms with Gasteiger partial charge in [-0.05, 0) is 52.5 Å². The van der Waals surface area contributed by atoms with Crippen LogP contribution < -0.4 is 0 Å². The topological polar surface area (TPSA) is 43.1 Å². The molecule has 0 atom stereocenters. The Labute approximate surface area is 160 Å². The van der Waals surface area contributed by atoms with E-state index in [1.807, 2.05) is 23.0 Å². The molecule has 26 heavy (non-hydrogen) atoms. The lowest BCUT2D eigenvalue weighted by molar-refractivity contribution is 0.435. The zero-order chi connectivity index (χ0) is 17.5. The Morgan fingerprint density at radius 2 is 1.96 bits per heavy atom. The zero-order valence-corrected chi connectivity index (χ0v) is 16.0. The quantitative estimate of drug-likeness (QED) is 0.425. The van der Waals surface area contributed by atoms with Crippen molar-refractivity contribution in [3.05, 3.63) is 59.1 Å².